The van der Waals surface area contributed by atoms with Crippen molar-refractivity contribution in [3.8, 4) is 0 Å². The van der Waals surface area contributed by atoms with E-state index in [0.29, 0.717) is 5.92 Å². The summed E-state index contributed by atoms with van der Waals surface area (Å²) in [5.74, 6) is 0.919. The summed E-state index contributed by atoms with van der Waals surface area (Å²) in [6.07, 6.45) is 6.76. The first kappa shape index (κ1) is 14.7. The van der Waals surface area contributed by atoms with Crippen molar-refractivity contribution in [2.75, 3.05) is 12.3 Å². The number of nitrogens with one attached hydrogen (secondary N) is 1. The highest BCUT2D eigenvalue weighted by Gasteiger charge is 2.27. The molecule has 1 unspecified atom stereocenters. The van der Waals surface area contributed by atoms with Gasteiger partial charge in [-0.3, -0.25) is 9.59 Å². The summed E-state index contributed by atoms with van der Waals surface area (Å²) in [4.78, 5) is 22.8. The monoisotopic (exact) mass is 285 g/mol. The molecule has 1 saturated carbocycles. The van der Waals surface area contributed by atoms with Gasteiger partial charge in [0.2, 0.25) is 5.91 Å². The van der Waals surface area contributed by atoms with Gasteiger partial charge in [0.25, 0.3) is 0 Å². The molecule has 0 aromatic carbocycles. The van der Waals surface area contributed by atoms with Gasteiger partial charge in [-0.15, -0.1) is 11.8 Å². The lowest BCUT2D eigenvalue weighted by molar-refractivity contribution is -0.143. The molecule has 0 aromatic heterocycles. The van der Waals surface area contributed by atoms with Crippen LogP contribution >= 0.6 is 11.8 Å². The first-order valence-electron chi connectivity index (χ1n) is 7.29. The molecule has 0 spiro atoms. The highest BCUT2D eigenvalue weighted by atomic mass is 32.2. The van der Waals surface area contributed by atoms with Crippen molar-refractivity contribution in [2.45, 2.75) is 50.2 Å². The van der Waals surface area contributed by atoms with E-state index in [1.807, 2.05) is 0 Å². The van der Waals surface area contributed by atoms with Crippen molar-refractivity contribution < 1.29 is 14.7 Å². The molecule has 2 fully saturated rings. The van der Waals surface area contributed by atoms with E-state index >= 15 is 0 Å². The number of aliphatic carboxylic acids is 1. The van der Waals surface area contributed by atoms with Gasteiger partial charge < -0.3 is 10.4 Å². The molecular weight excluding hydrogens is 262 g/mol. The van der Waals surface area contributed by atoms with E-state index in [9.17, 15) is 9.59 Å². The van der Waals surface area contributed by atoms with Crippen LogP contribution in [-0.2, 0) is 9.59 Å². The van der Waals surface area contributed by atoms with Gasteiger partial charge in [0.1, 0.15) is 0 Å². The van der Waals surface area contributed by atoms with Gasteiger partial charge >= 0.3 is 5.97 Å². The molecule has 1 aliphatic carbocycles. The lowest BCUT2D eigenvalue weighted by Crippen LogP contribution is -2.38. The van der Waals surface area contributed by atoms with Crippen molar-refractivity contribution in [1.82, 2.24) is 5.32 Å². The maximum atomic E-state index is 12.0. The molecule has 5 heteroatoms. The normalized spacial score (nSPS) is 31.7. The molecular formula is C14H23NO3S. The van der Waals surface area contributed by atoms with Crippen LogP contribution < -0.4 is 5.32 Å². The Morgan fingerprint density at radius 2 is 1.84 bits per heavy atom. The smallest absolute Gasteiger partial charge is 0.306 e. The Balaban J connectivity index is 1.66. The van der Waals surface area contributed by atoms with Crippen LogP contribution in [0.3, 0.4) is 0 Å². The summed E-state index contributed by atoms with van der Waals surface area (Å²) in [6.45, 7) is 0.724. The average molecular weight is 285 g/mol. The van der Waals surface area contributed by atoms with Gasteiger partial charge in [0.05, 0.1) is 11.2 Å². The molecule has 108 valence electrons. The second-order valence-electron chi connectivity index (χ2n) is 5.66. The van der Waals surface area contributed by atoms with Crippen molar-refractivity contribution in [1.29, 1.82) is 0 Å². The van der Waals surface area contributed by atoms with Crippen LogP contribution in [0.2, 0.25) is 0 Å². The van der Waals surface area contributed by atoms with Crippen LogP contribution in [0.15, 0.2) is 0 Å². The topological polar surface area (TPSA) is 66.4 Å². The van der Waals surface area contributed by atoms with Gasteiger partial charge in [0, 0.05) is 6.54 Å². The molecule has 1 amide bonds. The Labute approximate surface area is 118 Å². The molecule has 1 atom stereocenters. The zero-order valence-corrected chi connectivity index (χ0v) is 12.1. The lowest BCUT2D eigenvalue weighted by atomic mass is 9.82. The molecule has 0 radical (unpaired) electrons. The minimum absolute atomic E-state index is 0.143. The Morgan fingerprint density at radius 3 is 2.42 bits per heavy atom. The predicted molar refractivity (Wildman–Crippen MR) is 76.2 cm³/mol. The number of amides is 1. The molecule has 2 aliphatic rings. The zero-order valence-electron chi connectivity index (χ0n) is 11.3. The van der Waals surface area contributed by atoms with Gasteiger partial charge in [0.15, 0.2) is 0 Å². The fourth-order valence-corrected chi connectivity index (χ4v) is 4.14. The van der Waals surface area contributed by atoms with Gasteiger partial charge in [-0.1, -0.05) is 6.42 Å². The van der Waals surface area contributed by atoms with E-state index in [1.165, 1.54) is 6.42 Å². The highest BCUT2D eigenvalue weighted by molar-refractivity contribution is 8.00. The van der Waals surface area contributed by atoms with E-state index in [2.05, 4.69) is 5.32 Å². The van der Waals surface area contributed by atoms with E-state index in [0.717, 1.165) is 50.8 Å². The largest absolute Gasteiger partial charge is 0.481 e. The summed E-state index contributed by atoms with van der Waals surface area (Å²) in [5, 5.41) is 12.1. The van der Waals surface area contributed by atoms with Crippen LogP contribution in [0.5, 0.6) is 0 Å². The fourth-order valence-electron chi connectivity index (χ4n) is 2.92. The zero-order chi connectivity index (χ0) is 13.7. The third kappa shape index (κ3) is 4.41. The van der Waals surface area contributed by atoms with Crippen LogP contribution in [0.4, 0.5) is 0 Å². The molecule has 1 aliphatic heterocycles. The van der Waals surface area contributed by atoms with Crippen molar-refractivity contribution in [3.05, 3.63) is 0 Å². The van der Waals surface area contributed by atoms with Gasteiger partial charge in [-0.2, -0.15) is 0 Å². The number of carbonyl (C=O) groups excluding carboxylic acids is 1. The quantitative estimate of drug-likeness (QED) is 0.831. The van der Waals surface area contributed by atoms with Crippen molar-refractivity contribution >= 4 is 23.6 Å². The highest BCUT2D eigenvalue weighted by Crippen LogP contribution is 2.29. The fraction of sp³-hybridized carbons (Fsp3) is 0.857. The molecule has 4 nitrogen and oxygen atoms in total. The summed E-state index contributed by atoms with van der Waals surface area (Å²) < 4.78 is 0. The summed E-state index contributed by atoms with van der Waals surface area (Å²) in [5.41, 5.74) is 0. The second kappa shape index (κ2) is 7.17. The maximum Gasteiger partial charge on any atom is 0.306 e. The minimum atomic E-state index is -0.666. The number of carboxylic acids is 1. The predicted octanol–water partition coefficient (Wildman–Crippen LogP) is 2.28. The molecule has 19 heavy (non-hydrogen) atoms. The first-order valence-corrected chi connectivity index (χ1v) is 8.34. The lowest BCUT2D eigenvalue weighted by Gasteiger charge is -2.27. The first-order chi connectivity index (χ1) is 9.16. The van der Waals surface area contributed by atoms with E-state index in [4.69, 9.17) is 5.11 Å². The summed E-state index contributed by atoms with van der Waals surface area (Å²) in [6, 6.07) is 0. The van der Waals surface area contributed by atoms with Crippen LogP contribution in [0.1, 0.15) is 44.9 Å². The second-order valence-corrected chi connectivity index (χ2v) is 6.97. The molecule has 0 aromatic rings. The Hall–Kier alpha value is -0.710. The molecule has 2 rings (SSSR count). The van der Waals surface area contributed by atoms with Crippen molar-refractivity contribution in [3.63, 3.8) is 0 Å². The number of carboxylic acid groups (broad SMARTS) is 1. The molecule has 1 saturated heterocycles. The van der Waals surface area contributed by atoms with Gasteiger partial charge in [-0.25, -0.2) is 0 Å². The number of hydrogen-bond acceptors (Lipinski definition) is 3. The maximum absolute atomic E-state index is 12.0. The SMILES string of the molecule is O=C(O)C1CCC(CNC(=O)C2CCCCS2)CC1. The number of rotatable bonds is 4. The molecule has 1 heterocycles. The van der Waals surface area contributed by atoms with Crippen LogP contribution in [0, 0.1) is 11.8 Å². The summed E-state index contributed by atoms with van der Waals surface area (Å²) in [7, 11) is 0. The number of carbonyl (C=O) groups is 2. The van der Waals surface area contributed by atoms with Crippen molar-refractivity contribution in [2.24, 2.45) is 11.8 Å². The van der Waals surface area contributed by atoms with E-state index in [-0.39, 0.29) is 17.1 Å². The van der Waals surface area contributed by atoms with Gasteiger partial charge in [-0.05, 0) is 50.2 Å². The molecule has 2 N–H and O–H groups in total. The summed E-state index contributed by atoms with van der Waals surface area (Å²) >= 11 is 1.77. The molecule has 0 bridgehead atoms. The Kier molecular flexibility index (Phi) is 5.55. The Morgan fingerprint density at radius 1 is 1.11 bits per heavy atom. The number of thioether (sulfide) groups is 1. The third-order valence-electron chi connectivity index (χ3n) is 4.23. The minimum Gasteiger partial charge on any atom is -0.481 e. The third-order valence-corrected chi connectivity index (χ3v) is 5.61. The average Bonchev–Trinajstić information content (AvgIpc) is 2.46. The van der Waals surface area contributed by atoms with Crippen LogP contribution in [0.25, 0.3) is 0 Å². The van der Waals surface area contributed by atoms with E-state index < -0.39 is 5.97 Å². The Bertz CT molecular complexity index is 321. The standard InChI is InChI=1S/C14H23NO3S/c16-13(12-3-1-2-8-19-12)15-9-10-4-6-11(7-5-10)14(17)18/h10-12H,1-9H2,(H,15,16)(H,17,18). The van der Waals surface area contributed by atoms with Crippen LogP contribution in [-0.4, -0.2) is 34.5 Å². The number of hydrogen-bond donors (Lipinski definition) is 2. The van der Waals surface area contributed by atoms with E-state index in [1.54, 1.807) is 11.8 Å².